The largest absolute Gasteiger partial charge is 0.347 e. The molecule has 0 bridgehead atoms. The molecule has 0 aliphatic heterocycles. The Bertz CT molecular complexity index is 500. The molecule has 23 heavy (non-hydrogen) atoms. The number of amides is 1. The first-order valence-electron chi connectivity index (χ1n) is 6.73. The second kappa shape index (κ2) is 8.98. The summed E-state index contributed by atoms with van der Waals surface area (Å²) >= 11 is 36.6. The van der Waals surface area contributed by atoms with Crippen molar-refractivity contribution in [3.8, 4) is 0 Å². The molecule has 0 aliphatic carbocycles. The predicted octanol–water partition coefficient (Wildman–Crippen LogP) is 6.09. The third-order valence-electron chi connectivity index (χ3n) is 3.28. The molecule has 0 spiro atoms. The number of carbonyl (C=O) groups is 1. The second-order valence-electron chi connectivity index (χ2n) is 5.32. The highest BCUT2D eigenvalue weighted by Crippen LogP contribution is 2.40. The smallest absolute Gasteiger partial charge is 0.220 e. The average molecular weight is 461 g/mol. The van der Waals surface area contributed by atoms with E-state index >= 15 is 0 Å². The van der Waals surface area contributed by atoms with Gasteiger partial charge in [0.1, 0.15) is 5.01 Å². The third kappa shape index (κ3) is 7.72. The van der Waals surface area contributed by atoms with Crippen molar-refractivity contribution in [1.82, 2.24) is 10.3 Å². The topological polar surface area (TPSA) is 42.0 Å². The Morgan fingerprint density at radius 3 is 2.17 bits per heavy atom. The molecule has 0 aromatic carbocycles. The van der Waals surface area contributed by atoms with Crippen LogP contribution in [0, 0.1) is 11.8 Å². The van der Waals surface area contributed by atoms with Gasteiger partial charge >= 0.3 is 0 Å². The van der Waals surface area contributed by atoms with Crippen LogP contribution in [-0.2, 0) is 4.79 Å². The van der Waals surface area contributed by atoms with Crippen LogP contribution in [0.3, 0.4) is 0 Å². The van der Waals surface area contributed by atoms with Crippen LogP contribution in [0.25, 0.3) is 0 Å². The van der Waals surface area contributed by atoms with Crippen LogP contribution in [-0.4, -0.2) is 18.5 Å². The van der Waals surface area contributed by atoms with Crippen LogP contribution in [0.15, 0.2) is 11.6 Å². The lowest BCUT2D eigenvalue weighted by atomic mass is 10.0. The highest BCUT2D eigenvalue weighted by molar-refractivity contribution is 7.09. The average Bonchev–Trinajstić information content (AvgIpc) is 2.89. The monoisotopic (exact) mass is 458 g/mol. The molecule has 1 N–H and O–H groups in total. The van der Waals surface area contributed by atoms with Gasteiger partial charge in [-0.1, -0.05) is 83.5 Å². The highest BCUT2D eigenvalue weighted by Gasteiger charge is 2.34. The molecule has 0 saturated heterocycles. The number of hydrogen-bond acceptors (Lipinski definition) is 3. The maximum atomic E-state index is 12.2. The van der Waals surface area contributed by atoms with Crippen LogP contribution >= 0.6 is 80.9 Å². The van der Waals surface area contributed by atoms with E-state index < -0.39 is 13.5 Å². The fraction of sp³-hybridized carbons (Fsp3) is 0.692. The number of halogens is 6. The van der Waals surface area contributed by atoms with E-state index in [1.165, 1.54) is 11.3 Å². The van der Waals surface area contributed by atoms with E-state index in [9.17, 15) is 4.79 Å². The zero-order valence-electron chi connectivity index (χ0n) is 12.3. The fourth-order valence-electron chi connectivity index (χ4n) is 1.76. The molecule has 1 unspecified atom stereocenters. The van der Waals surface area contributed by atoms with Crippen molar-refractivity contribution in [3.63, 3.8) is 0 Å². The van der Waals surface area contributed by atoms with Crippen molar-refractivity contribution in [3.05, 3.63) is 16.6 Å². The van der Waals surface area contributed by atoms with Gasteiger partial charge in [0.15, 0.2) is 7.59 Å². The molecule has 0 fully saturated rings. The first-order chi connectivity index (χ1) is 10.4. The molecule has 0 aliphatic rings. The lowest BCUT2D eigenvalue weighted by Gasteiger charge is -2.26. The SMILES string of the molecule is CC(CC(=O)N[C@H](C[C@@H](C)C(Cl)(Cl)Cl)c1nccs1)C(Cl)(Cl)Cl. The van der Waals surface area contributed by atoms with Crippen molar-refractivity contribution in [2.45, 2.75) is 40.3 Å². The van der Waals surface area contributed by atoms with Gasteiger partial charge in [-0.2, -0.15) is 0 Å². The molecule has 10 heteroatoms. The molecule has 1 aromatic rings. The number of hydrogen-bond donors (Lipinski definition) is 1. The quantitative estimate of drug-likeness (QED) is 0.521. The first kappa shape index (κ1) is 21.9. The van der Waals surface area contributed by atoms with Gasteiger partial charge in [0.05, 0.1) is 6.04 Å². The van der Waals surface area contributed by atoms with Crippen LogP contribution in [0.5, 0.6) is 0 Å². The van der Waals surface area contributed by atoms with E-state index in [0.29, 0.717) is 6.42 Å². The van der Waals surface area contributed by atoms with Gasteiger partial charge < -0.3 is 5.32 Å². The van der Waals surface area contributed by atoms with Crippen LogP contribution in [0.2, 0.25) is 0 Å². The zero-order chi connectivity index (χ0) is 17.8. The first-order valence-corrected chi connectivity index (χ1v) is 9.88. The second-order valence-corrected chi connectivity index (χ2v) is 11.0. The van der Waals surface area contributed by atoms with E-state index in [2.05, 4.69) is 10.3 Å². The number of alkyl halides is 6. The van der Waals surface area contributed by atoms with Crippen molar-refractivity contribution in [1.29, 1.82) is 0 Å². The summed E-state index contributed by atoms with van der Waals surface area (Å²) in [6.07, 6.45) is 2.15. The van der Waals surface area contributed by atoms with Crippen molar-refractivity contribution in [2.75, 3.05) is 0 Å². The molecule has 1 heterocycles. The molecule has 0 radical (unpaired) electrons. The van der Waals surface area contributed by atoms with E-state index in [-0.39, 0.29) is 24.3 Å². The predicted molar refractivity (Wildman–Crippen MR) is 101 cm³/mol. The van der Waals surface area contributed by atoms with Gasteiger partial charge in [-0.05, 0) is 6.42 Å². The number of nitrogens with zero attached hydrogens (tertiary/aromatic N) is 1. The maximum Gasteiger partial charge on any atom is 0.220 e. The van der Waals surface area contributed by atoms with E-state index in [4.69, 9.17) is 69.6 Å². The molecule has 1 rings (SSSR count). The van der Waals surface area contributed by atoms with Gasteiger partial charge in [0.25, 0.3) is 0 Å². The number of rotatable bonds is 6. The zero-order valence-corrected chi connectivity index (χ0v) is 17.7. The van der Waals surface area contributed by atoms with E-state index in [0.717, 1.165) is 5.01 Å². The molecular formula is C13H16Cl6N2OS. The maximum absolute atomic E-state index is 12.2. The minimum atomic E-state index is -1.50. The molecule has 3 nitrogen and oxygen atoms in total. The summed E-state index contributed by atoms with van der Waals surface area (Å²) in [5.74, 6) is -0.970. The highest BCUT2D eigenvalue weighted by atomic mass is 35.6. The summed E-state index contributed by atoms with van der Waals surface area (Å²) in [5, 5.41) is 5.44. The van der Waals surface area contributed by atoms with Crippen LogP contribution in [0.1, 0.15) is 37.7 Å². The minimum Gasteiger partial charge on any atom is -0.347 e. The molecule has 0 saturated carbocycles. The third-order valence-corrected chi connectivity index (χ3v) is 6.41. The van der Waals surface area contributed by atoms with E-state index in [1.54, 1.807) is 20.0 Å². The Balaban J connectivity index is 2.77. The number of aromatic nitrogens is 1. The lowest BCUT2D eigenvalue weighted by Crippen LogP contribution is -2.34. The Kier molecular flexibility index (Phi) is 8.54. The molecule has 3 atom stereocenters. The Morgan fingerprint density at radius 2 is 1.74 bits per heavy atom. The summed E-state index contributed by atoms with van der Waals surface area (Å²) in [6, 6.07) is -0.365. The summed E-state index contributed by atoms with van der Waals surface area (Å²) in [4.78, 5) is 16.5. The van der Waals surface area contributed by atoms with Crippen LogP contribution < -0.4 is 5.32 Å². The summed E-state index contributed by atoms with van der Waals surface area (Å²) in [5.41, 5.74) is 0. The Labute approximate surface area is 169 Å². The standard InChI is InChI=1S/C13H16Cl6N2OS/c1-7(12(14,15)16)5-9(11-20-3-4-23-11)21-10(22)6-8(2)13(17,18)19/h3-4,7-9H,5-6H2,1-2H3,(H,21,22)/t7-,8?,9-/m1/s1. The molecular weight excluding hydrogens is 445 g/mol. The van der Waals surface area contributed by atoms with E-state index in [1.807, 2.05) is 5.38 Å². The van der Waals surface area contributed by atoms with Crippen LogP contribution in [0.4, 0.5) is 0 Å². The minimum absolute atomic E-state index is 0.0700. The summed E-state index contributed by atoms with van der Waals surface area (Å²) in [7, 11) is 0. The van der Waals surface area contributed by atoms with Gasteiger partial charge in [0.2, 0.25) is 5.91 Å². The van der Waals surface area contributed by atoms with Crippen molar-refractivity contribution < 1.29 is 4.79 Å². The Hall–Kier alpha value is 0.840. The Morgan fingerprint density at radius 1 is 1.17 bits per heavy atom. The summed E-state index contributed by atoms with van der Waals surface area (Å²) in [6.45, 7) is 3.48. The molecule has 1 amide bonds. The lowest BCUT2D eigenvalue weighted by molar-refractivity contribution is -0.122. The number of carbonyl (C=O) groups excluding carboxylic acids is 1. The van der Waals surface area contributed by atoms with Gasteiger partial charge in [-0.25, -0.2) is 4.98 Å². The number of nitrogens with one attached hydrogen (secondary N) is 1. The fourth-order valence-corrected chi connectivity index (χ4v) is 2.96. The summed E-state index contributed by atoms with van der Waals surface area (Å²) < 4.78 is -2.93. The van der Waals surface area contributed by atoms with Crippen molar-refractivity contribution in [2.24, 2.45) is 11.8 Å². The van der Waals surface area contributed by atoms with Gasteiger partial charge in [0, 0.05) is 29.8 Å². The van der Waals surface area contributed by atoms with Gasteiger partial charge in [-0.15, -0.1) is 11.3 Å². The number of thiazole rings is 1. The normalized spacial score (nSPS) is 16.7. The van der Waals surface area contributed by atoms with Gasteiger partial charge in [-0.3, -0.25) is 4.79 Å². The van der Waals surface area contributed by atoms with Crippen molar-refractivity contribution >= 4 is 86.8 Å². The molecule has 132 valence electrons. The molecule has 1 aromatic heterocycles.